The number of amides is 2. The van der Waals surface area contributed by atoms with Crippen LogP contribution in [0.3, 0.4) is 0 Å². The molecule has 4 aliphatic heterocycles. The Morgan fingerprint density at radius 1 is 0.906 bits per heavy atom. The van der Waals surface area contributed by atoms with Crippen molar-refractivity contribution in [1.82, 2.24) is 0 Å². The first-order valence-electron chi connectivity index (χ1n) is 10.5. The van der Waals surface area contributed by atoms with E-state index in [9.17, 15) is 14.4 Å². The maximum atomic E-state index is 13.4. The molecule has 0 saturated carbocycles. The van der Waals surface area contributed by atoms with Gasteiger partial charge in [-0.15, -0.1) is 0 Å². The van der Waals surface area contributed by atoms with Crippen molar-refractivity contribution in [3.8, 4) is 5.75 Å². The zero-order valence-corrected chi connectivity index (χ0v) is 17.4. The fourth-order valence-corrected chi connectivity index (χ4v) is 5.46. The van der Waals surface area contributed by atoms with Gasteiger partial charge in [-0.25, -0.2) is 4.90 Å². The summed E-state index contributed by atoms with van der Waals surface area (Å²) in [4.78, 5) is 45.2. The van der Waals surface area contributed by atoms with E-state index in [0.29, 0.717) is 11.3 Å². The monoisotopic (exact) mass is 432 g/mol. The molecule has 3 fully saturated rings. The van der Waals surface area contributed by atoms with Crippen molar-refractivity contribution < 1.29 is 28.7 Å². The fourth-order valence-electron chi connectivity index (χ4n) is 5.46. The van der Waals surface area contributed by atoms with Crippen LogP contribution in [0.25, 0.3) is 0 Å². The van der Waals surface area contributed by atoms with Crippen LogP contribution in [0.5, 0.6) is 5.75 Å². The fraction of sp³-hybridized carbons (Fsp3) is 0.333. The number of hydrogen-bond donors (Lipinski definition) is 0. The van der Waals surface area contributed by atoms with Gasteiger partial charge in [-0.2, -0.15) is 0 Å². The Labute approximate surface area is 183 Å². The van der Waals surface area contributed by atoms with Crippen LogP contribution in [0.2, 0.25) is 0 Å². The largest absolute Gasteiger partial charge is 0.497 e. The number of ketones is 1. The molecule has 8 nitrogen and oxygen atoms in total. The Kier molecular flexibility index (Phi) is 4.04. The van der Waals surface area contributed by atoms with Gasteiger partial charge in [0.05, 0.1) is 42.4 Å². The summed E-state index contributed by atoms with van der Waals surface area (Å²) in [6.45, 7) is 1.47. The second kappa shape index (κ2) is 6.74. The molecule has 3 saturated heterocycles. The Bertz CT molecular complexity index is 1170. The number of fused-ring (bicyclic) bond motifs is 8. The highest BCUT2D eigenvalue weighted by Crippen LogP contribution is 2.55. The Morgan fingerprint density at radius 3 is 2.19 bits per heavy atom. The van der Waals surface area contributed by atoms with E-state index in [2.05, 4.69) is 5.16 Å². The van der Waals surface area contributed by atoms with E-state index < -0.39 is 30.1 Å². The third-order valence-electron chi connectivity index (χ3n) is 6.96. The minimum atomic E-state index is -0.591. The molecule has 4 heterocycles. The smallest absolute Gasteiger partial charge is 0.240 e. The summed E-state index contributed by atoms with van der Waals surface area (Å²) in [5, 5.41) is 4.30. The van der Waals surface area contributed by atoms with Crippen molar-refractivity contribution in [1.29, 1.82) is 0 Å². The van der Waals surface area contributed by atoms with Crippen LogP contribution in [0, 0.1) is 17.8 Å². The lowest BCUT2D eigenvalue weighted by molar-refractivity contribution is -0.125. The van der Waals surface area contributed by atoms with Gasteiger partial charge in [0.15, 0.2) is 11.9 Å². The normalized spacial score (nSPS) is 31.9. The number of ether oxygens (including phenoxy) is 2. The molecular weight excluding hydrogens is 412 g/mol. The Morgan fingerprint density at radius 2 is 1.56 bits per heavy atom. The lowest BCUT2D eigenvalue weighted by Crippen LogP contribution is -2.45. The number of rotatable bonds is 4. The van der Waals surface area contributed by atoms with Crippen molar-refractivity contribution in [2.24, 2.45) is 22.9 Å². The van der Waals surface area contributed by atoms with Crippen LogP contribution >= 0.6 is 0 Å². The molecule has 0 unspecified atom stereocenters. The predicted molar refractivity (Wildman–Crippen MR) is 112 cm³/mol. The number of nitrogens with zero attached hydrogens (tertiary/aromatic N) is 2. The SMILES string of the molecule is COc1ccc(C2=NO[C@@H]3[C@@H]4O[C@H]([C@H]23)[C@H]2C(=O)N(c3ccc(C(C)=O)cc3)C(=O)[C@@H]42)cc1. The summed E-state index contributed by atoms with van der Waals surface area (Å²) >= 11 is 0. The minimum Gasteiger partial charge on any atom is -0.497 e. The van der Waals surface area contributed by atoms with E-state index in [1.165, 1.54) is 11.8 Å². The number of methoxy groups -OCH3 is 1. The highest BCUT2D eigenvalue weighted by atomic mass is 16.7. The molecule has 4 aliphatic rings. The van der Waals surface area contributed by atoms with E-state index in [0.717, 1.165) is 17.0 Å². The molecule has 0 spiro atoms. The maximum absolute atomic E-state index is 13.4. The van der Waals surface area contributed by atoms with E-state index in [4.69, 9.17) is 14.3 Å². The number of imide groups is 1. The first kappa shape index (κ1) is 19.2. The predicted octanol–water partition coefficient (Wildman–Crippen LogP) is 2.20. The van der Waals surface area contributed by atoms with Crippen molar-refractivity contribution in [2.75, 3.05) is 12.0 Å². The minimum absolute atomic E-state index is 0.0748. The molecule has 0 aliphatic carbocycles. The molecule has 8 heteroatoms. The molecule has 6 atom stereocenters. The lowest BCUT2D eigenvalue weighted by Gasteiger charge is -2.26. The van der Waals surface area contributed by atoms with Crippen molar-refractivity contribution >= 4 is 29.0 Å². The average Bonchev–Trinajstić information content (AvgIpc) is 3.54. The van der Waals surface area contributed by atoms with Gasteiger partial charge in [-0.1, -0.05) is 5.16 Å². The highest BCUT2D eigenvalue weighted by Gasteiger charge is 2.72. The number of anilines is 1. The molecule has 0 radical (unpaired) electrons. The molecule has 2 aromatic rings. The highest BCUT2D eigenvalue weighted by molar-refractivity contribution is 6.23. The average molecular weight is 432 g/mol. The molecule has 2 bridgehead atoms. The summed E-state index contributed by atoms with van der Waals surface area (Å²) in [5.41, 5.74) is 2.60. The number of carbonyl (C=O) groups excluding carboxylic acids is 3. The van der Waals surface area contributed by atoms with Crippen molar-refractivity contribution in [2.45, 2.75) is 25.2 Å². The van der Waals surface area contributed by atoms with Crippen molar-refractivity contribution in [3.05, 3.63) is 59.7 Å². The van der Waals surface area contributed by atoms with Crippen LogP contribution in [0.4, 0.5) is 5.69 Å². The standard InChI is InChI=1S/C24H20N2O6/c1-11(27)12-3-7-14(8-4-12)26-23(28)16-17(24(26)29)21-22-18(20(16)31-21)19(25-32-22)13-5-9-15(30-2)10-6-13/h3-10,16-18,20-22H,1-2H3/t16-,17+,18-,20-,21+,22-/m0/s1. The zero-order valence-electron chi connectivity index (χ0n) is 17.4. The first-order valence-corrected chi connectivity index (χ1v) is 10.5. The van der Waals surface area contributed by atoms with Crippen LogP contribution < -0.4 is 9.64 Å². The van der Waals surface area contributed by atoms with E-state index in [1.807, 2.05) is 24.3 Å². The van der Waals surface area contributed by atoms with Gasteiger partial charge in [-0.3, -0.25) is 14.4 Å². The quantitative estimate of drug-likeness (QED) is 0.543. The topological polar surface area (TPSA) is 94.5 Å². The summed E-state index contributed by atoms with van der Waals surface area (Å²) in [6, 6.07) is 14.0. The third-order valence-corrected chi connectivity index (χ3v) is 6.96. The van der Waals surface area contributed by atoms with Crippen molar-refractivity contribution in [3.63, 3.8) is 0 Å². The lowest BCUT2D eigenvalue weighted by atomic mass is 9.71. The first-order chi connectivity index (χ1) is 15.5. The number of benzene rings is 2. The van der Waals surface area contributed by atoms with Gasteiger partial charge in [0, 0.05) is 11.1 Å². The zero-order chi connectivity index (χ0) is 22.1. The number of hydrogen-bond acceptors (Lipinski definition) is 7. The third kappa shape index (κ3) is 2.47. The molecule has 2 aromatic carbocycles. The van der Waals surface area contributed by atoms with Gasteiger partial charge in [-0.05, 0) is 55.5 Å². The van der Waals surface area contributed by atoms with Gasteiger partial charge < -0.3 is 14.3 Å². The Hall–Kier alpha value is -3.52. The second-order valence-corrected chi connectivity index (χ2v) is 8.53. The molecular formula is C24H20N2O6. The van der Waals surface area contributed by atoms with Gasteiger partial charge in [0.25, 0.3) is 0 Å². The van der Waals surface area contributed by atoms with Gasteiger partial charge >= 0.3 is 0 Å². The summed E-state index contributed by atoms with van der Waals surface area (Å²) < 4.78 is 11.4. The number of Topliss-reactive ketones (excluding diaryl/α,β-unsaturated/α-hetero) is 1. The van der Waals surface area contributed by atoms with Crippen LogP contribution in [0.1, 0.15) is 22.8 Å². The van der Waals surface area contributed by atoms with E-state index in [-0.39, 0.29) is 23.5 Å². The molecule has 0 aromatic heterocycles. The maximum Gasteiger partial charge on any atom is 0.240 e. The van der Waals surface area contributed by atoms with Gasteiger partial charge in [0.2, 0.25) is 11.8 Å². The molecule has 32 heavy (non-hydrogen) atoms. The number of oxime groups is 1. The molecule has 0 N–H and O–H groups in total. The van der Waals surface area contributed by atoms with Crippen LogP contribution in [-0.4, -0.2) is 48.7 Å². The van der Waals surface area contributed by atoms with E-state index in [1.54, 1.807) is 31.4 Å². The molecule has 162 valence electrons. The second-order valence-electron chi connectivity index (χ2n) is 8.53. The number of carbonyl (C=O) groups is 3. The summed E-state index contributed by atoms with van der Waals surface area (Å²) in [7, 11) is 1.60. The van der Waals surface area contributed by atoms with Crippen LogP contribution in [-0.2, 0) is 19.2 Å². The molecule has 2 amide bonds. The van der Waals surface area contributed by atoms with Gasteiger partial charge in [0.1, 0.15) is 11.9 Å². The van der Waals surface area contributed by atoms with E-state index >= 15 is 0 Å². The Balaban J connectivity index is 1.30. The molecule has 6 rings (SSSR count). The van der Waals surface area contributed by atoms with Crippen LogP contribution in [0.15, 0.2) is 53.7 Å². The summed E-state index contributed by atoms with van der Waals surface area (Å²) in [6.07, 6.45) is -1.39. The summed E-state index contributed by atoms with van der Waals surface area (Å²) in [5.74, 6) is -1.29.